The molecule has 4 bridgehead atoms. The van der Waals surface area contributed by atoms with Crippen molar-refractivity contribution in [1.82, 2.24) is 5.32 Å². The summed E-state index contributed by atoms with van der Waals surface area (Å²) in [6, 6.07) is 5.99. The van der Waals surface area contributed by atoms with Crippen LogP contribution < -0.4 is 5.32 Å². The molecule has 0 atom stereocenters. The number of ether oxygens (including phenoxy) is 1. The van der Waals surface area contributed by atoms with Gasteiger partial charge >= 0.3 is 0 Å². The van der Waals surface area contributed by atoms with E-state index in [9.17, 15) is 8.42 Å². The number of aliphatic hydroxyl groups excluding tert-OH is 1. The van der Waals surface area contributed by atoms with E-state index in [1.54, 1.807) is 12.1 Å². The number of benzene rings is 1. The van der Waals surface area contributed by atoms with Gasteiger partial charge in [-0.3, -0.25) is 4.55 Å². The van der Waals surface area contributed by atoms with Crippen LogP contribution in [0.4, 0.5) is 0 Å². The van der Waals surface area contributed by atoms with Crippen molar-refractivity contribution in [3.05, 3.63) is 29.8 Å². The average molecular weight is 510 g/mol. The second kappa shape index (κ2) is 10.0. The minimum Gasteiger partial charge on any atom is -0.395 e. The fraction of sp³-hybridized carbons (Fsp3) is 0.769. The van der Waals surface area contributed by atoms with Crippen LogP contribution in [0.3, 0.4) is 0 Å². The Bertz CT molecular complexity index is 944. The van der Waals surface area contributed by atoms with Gasteiger partial charge in [0.2, 0.25) is 11.6 Å². The van der Waals surface area contributed by atoms with Gasteiger partial charge in [0.1, 0.15) is 0 Å². The Kier molecular flexibility index (Phi) is 7.31. The molecule has 3 N–H and O–H groups in total. The van der Waals surface area contributed by atoms with E-state index in [0.29, 0.717) is 24.3 Å². The van der Waals surface area contributed by atoms with E-state index in [4.69, 9.17) is 24.2 Å². The van der Waals surface area contributed by atoms with Crippen LogP contribution in [-0.4, -0.2) is 49.3 Å². The third-order valence-corrected chi connectivity index (χ3v) is 9.72. The largest absolute Gasteiger partial charge is 0.395 e. The lowest BCUT2D eigenvalue weighted by molar-refractivity contribution is -0.390. The monoisotopic (exact) mass is 509 g/mol. The van der Waals surface area contributed by atoms with Gasteiger partial charge in [-0.25, -0.2) is 0 Å². The molecule has 0 radical (unpaired) electrons. The van der Waals surface area contributed by atoms with Crippen molar-refractivity contribution in [3.63, 3.8) is 0 Å². The number of aryl methyl sites for hydroxylation is 1. The van der Waals surface area contributed by atoms with Gasteiger partial charge in [0, 0.05) is 31.2 Å². The van der Waals surface area contributed by atoms with Crippen LogP contribution in [0.5, 0.6) is 0 Å². The molecule has 0 amide bonds. The van der Waals surface area contributed by atoms with E-state index in [-0.39, 0.29) is 11.5 Å². The van der Waals surface area contributed by atoms with E-state index in [0.717, 1.165) is 49.6 Å². The molecule has 6 fully saturated rings. The molecule has 1 aromatic rings. The Balaban J connectivity index is 0.000000195. The summed E-state index contributed by atoms with van der Waals surface area (Å²) in [7, 11) is -4.02. The average Bonchev–Trinajstić information content (AvgIpc) is 3.19. The summed E-state index contributed by atoms with van der Waals surface area (Å²) in [6.07, 6.45) is 10.6. The first kappa shape index (κ1) is 25.6. The van der Waals surface area contributed by atoms with Crippen LogP contribution in [0.15, 0.2) is 29.2 Å². The molecule has 0 unspecified atom stereocenters. The zero-order chi connectivity index (χ0) is 24.7. The summed E-state index contributed by atoms with van der Waals surface area (Å²) in [4.78, 5) is 12.0. The van der Waals surface area contributed by atoms with Gasteiger partial charge < -0.3 is 15.2 Å². The van der Waals surface area contributed by atoms with Gasteiger partial charge in [-0.2, -0.15) is 18.2 Å². The van der Waals surface area contributed by atoms with Gasteiger partial charge in [0.15, 0.2) is 0 Å². The first-order valence-electron chi connectivity index (χ1n) is 13.1. The molecule has 9 heteroatoms. The summed E-state index contributed by atoms with van der Waals surface area (Å²) < 4.78 is 36.3. The summed E-state index contributed by atoms with van der Waals surface area (Å²) in [6.45, 7) is 3.72. The minimum atomic E-state index is -4.02. The van der Waals surface area contributed by atoms with Crippen molar-refractivity contribution >= 4 is 10.1 Å². The molecule has 0 aromatic heterocycles. The molecule has 1 aliphatic heterocycles. The number of hydrogen-bond acceptors (Lipinski definition) is 7. The highest BCUT2D eigenvalue weighted by Gasteiger charge is 2.66. The zero-order valence-corrected chi connectivity index (χ0v) is 21.3. The van der Waals surface area contributed by atoms with Gasteiger partial charge in [0.25, 0.3) is 10.1 Å². The van der Waals surface area contributed by atoms with Gasteiger partial charge in [-0.15, -0.1) is 0 Å². The molecule has 1 saturated heterocycles. The maximum atomic E-state index is 10.5. The third kappa shape index (κ3) is 5.32. The smallest absolute Gasteiger partial charge is 0.294 e. The molecule has 5 aliphatic carbocycles. The first-order valence-corrected chi connectivity index (χ1v) is 14.6. The SMILES string of the molecule is Cc1ccc(S(=O)(=O)O)cc1.OCCNCC1CCC2(CC1)OOC1(O2)C2CC3CC(C2)CC1C3. The van der Waals surface area contributed by atoms with Crippen molar-refractivity contribution in [2.75, 3.05) is 19.7 Å². The van der Waals surface area contributed by atoms with E-state index in [2.05, 4.69) is 5.32 Å². The highest BCUT2D eigenvalue weighted by atomic mass is 32.2. The number of hydrogen-bond donors (Lipinski definition) is 3. The molecule has 8 nitrogen and oxygen atoms in total. The third-order valence-electron chi connectivity index (χ3n) is 8.85. The number of nitrogens with one attached hydrogen (secondary N) is 1. The molecule has 196 valence electrons. The van der Waals surface area contributed by atoms with Crippen LogP contribution >= 0.6 is 0 Å². The van der Waals surface area contributed by atoms with Crippen LogP contribution in [0.25, 0.3) is 0 Å². The molecular weight excluding hydrogens is 470 g/mol. The van der Waals surface area contributed by atoms with Crippen LogP contribution in [0.2, 0.25) is 0 Å². The Labute approximate surface area is 208 Å². The molecule has 35 heavy (non-hydrogen) atoms. The predicted octanol–water partition coefficient (Wildman–Crippen LogP) is 3.83. The van der Waals surface area contributed by atoms with Crippen molar-refractivity contribution in [2.24, 2.45) is 29.6 Å². The first-order chi connectivity index (χ1) is 16.7. The fourth-order valence-electron chi connectivity index (χ4n) is 7.21. The Hall–Kier alpha value is -1.07. The molecule has 7 rings (SSSR count). The quantitative estimate of drug-likeness (QED) is 0.312. The van der Waals surface area contributed by atoms with E-state index in [1.165, 1.54) is 44.2 Å². The molecule has 6 aliphatic rings. The van der Waals surface area contributed by atoms with E-state index >= 15 is 0 Å². The minimum absolute atomic E-state index is 0.0666. The predicted molar refractivity (Wildman–Crippen MR) is 129 cm³/mol. The van der Waals surface area contributed by atoms with Crippen molar-refractivity contribution in [3.8, 4) is 0 Å². The highest BCUT2D eigenvalue weighted by Crippen LogP contribution is 2.63. The molecule has 1 heterocycles. The van der Waals surface area contributed by atoms with Crippen LogP contribution in [0, 0.1) is 36.5 Å². The summed E-state index contributed by atoms with van der Waals surface area (Å²) >= 11 is 0. The molecular formula is C26H39NO7S. The summed E-state index contributed by atoms with van der Waals surface area (Å²) in [5, 5.41) is 12.2. The number of rotatable bonds is 5. The second-order valence-corrected chi connectivity index (χ2v) is 12.8. The lowest BCUT2D eigenvalue weighted by Crippen LogP contribution is -2.59. The Morgan fingerprint density at radius 1 is 0.971 bits per heavy atom. The Morgan fingerprint density at radius 2 is 1.57 bits per heavy atom. The van der Waals surface area contributed by atoms with Crippen molar-refractivity contribution in [2.45, 2.75) is 81.2 Å². The Morgan fingerprint density at radius 3 is 2.11 bits per heavy atom. The maximum absolute atomic E-state index is 10.5. The normalized spacial score (nSPS) is 39.7. The van der Waals surface area contributed by atoms with Crippen molar-refractivity contribution in [1.29, 1.82) is 0 Å². The fourth-order valence-corrected chi connectivity index (χ4v) is 7.69. The van der Waals surface area contributed by atoms with Crippen LogP contribution in [0.1, 0.15) is 63.4 Å². The van der Waals surface area contributed by atoms with E-state index in [1.807, 2.05) is 6.92 Å². The van der Waals surface area contributed by atoms with Crippen molar-refractivity contribution < 1.29 is 32.6 Å². The lowest BCUT2D eigenvalue weighted by Gasteiger charge is -2.57. The molecule has 2 spiro atoms. The van der Waals surface area contributed by atoms with E-state index < -0.39 is 21.7 Å². The summed E-state index contributed by atoms with van der Waals surface area (Å²) in [5.74, 6) is 2.68. The molecule has 1 aromatic carbocycles. The summed E-state index contributed by atoms with van der Waals surface area (Å²) in [5.41, 5.74) is 0.956. The van der Waals surface area contributed by atoms with Gasteiger partial charge in [0.05, 0.1) is 11.5 Å². The maximum Gasteiger partial charge on any atom is 0.294 e. The topological polar surface area (TPSA) is 114 Å². The highest BCUT2D eigenvalue weighted by molar-refractivity contribution is 7.85. The van der Waals surface area contributed by atoms with Gasteiger partial charge in [-0.05, 0) is 88.3 Å². The zero-order valence-electron chi connectivity index (χ0n) is 20.5. The molecule has 5 saturated carbocycles. The van der Waals surface area contributed by atoms with Crippen LogP contribution in [-0.2, 0) is 24.6 Å². The standard InChI is InChI=1S/C19H31NO4.C7H8O3S/c21-6-5-20-12-13-1-3-18(4-2-13)22-19(24-23-18)16-8-14-7-15(10-16)11-17(19)9-14;1-6-2-4-7(5-3-6)11(8,9)10/h13-17,20-21H,1-12H2;2-5H,1H3,(H,8,9,10). The van der Waals surface area contributed by atoms with Gasteiger partial charge in [-0.1, -0.05) is 17.7 Å². The second-order valence-electron chi connectivity index (χ2n) is 11.4. The lowest BCUT2D eigenvalue weighted by atomic mass is 9.53. The number of aliphatic hydroxyl groups is 1.